The maximum Gasteiger partial charge on any atom is 0.586 e. The molecule has 7 nitrogen and oxygen atoms in total. The molecule has 2 N–H and O–H groups in total. The molecule has 2 heterocycles. The smallest absolute Gasteiger partial charge is 0.406 e. The summed E-state index contributed by atoms with van der Waals surface area (Å²) < 4.78 is 76.3. The van der Waals surface area contributed by atoms with Gasteiger partial charge in [0.2, 0.25) is 5.91 Å². The molecule has 190 valence electrons. The van der Waals surface area contributed by atoms with Crippen molar-refractivity contribution < 1.29 is 46.1 Å². The summed E-state index contributed by atoms with van der Waals surface area (Å²) in [6.45, 7) is 1.89. The zero-order chi connectivity index (χ0) is 25.2. The van der Waals surface area contributed by atoms with E-state index >= 15 is 0 Å². The Balaban J connectivity index is 1.44. The third-order valence-corrected chi connectivity index (χ3v) is 5.67. The van der Waals surface area contributed by atoms with Gasteiger partial charge in [0, 0.05) is 6.54 Å². The fraction of sp³-hybridized carbons (Fsp3) is 0.435. The van der Waals surface area contributed by atoms with Crippen molar-refractivity contribution in [3.63, 3.8) is 0 Å². The van der Waals surface area contributed by atoms with Gasteiger partial charge in [0.05, 0.1) is 12.5 Å². The van der Waals surface area contributed by atoms with Crippen molar-refractivity contribution in [2.45, 2.75) is 44.1 Å². The van der Waals surface area contributed by atoms with Crippen molar-refractivity contribution in [3.05, 3.63) is 53.6 Å². The number of carbonyl (C=O) groups excluding carboxylic acids is 1. The van der Waals surface area contributed by atoms with Crippen LogP contribution in [0.4, 0.5) is 22.0 Å². The molecule has 0 radical (unpaired) electrons. The van der Waals surface area contributed by atoms with Gasteiger partial charge in [0.15, 0.2) is 11.5 Å². The number of hydrogen-bond donors (Lipinski definition) is 2. The zero-order valence-corrected chi connectivity index (χ0v) is 18.4. The molecule has 4 rings (SSSR count). The first-order valence-electron chi connectivity index (χ1n) is 10.9. The number of benzene rings is 2. The highest BCUT2D eigenvalue weighted by Crippen LogP contribution is 2.42. The van der Waals surface area contributed by atoms with E-state index < -0.39 is 36.5 Å². The van der Waals surface area contributed by atoms with Crippen LogP contribution in [0.25, 0.3) is 0 Å². The summed E-state index contributed by atoms with van der Waals surface area (Å²) in [4.78, 5) is 14.8. The van der Waals surface area contributed by atoms with Crippen LogP contribution in [0.2, 0.25) is 0 Å². The summed E-state index contributed by atoms with van der Waals surface area (Å²) >= 11 is 0. The quantitative estimate of drug-likeness (QED) is 0.536. The molecule has 12 heteroatoms. The molecule has 2 aliphatic rings. The number of rotatable bonds is 8. The average Bonchev–Trinajstić information content (AvgIpc) is 3.38. The van der Waals surface area contributed by atoms with E-state index in [1.807, 2.05) is 0 Å². The van der Waals surface area contributed by atoms with Crippen molar-refractivity contribution in [1.82, 2.24) is 10.2 Å². The summed E-state index contributed by atoms with van der Waals surface area (Å²) in [5.41, 5.74) is 0.694. The maximum absolute atomic E-state index is 13.3. The Morgan fingerprint density at radius 3 is 2.40 bits per heavy atom. The van der Waals surface area contributed by atoms with Crippen LogP contribution in [0.1, 0.15) is 30.1 Å². The Morgan fingerprint density at radius 2 is 1.74 bits per heavy atom. The van der Waals surface area contributed by atoms with Crippen molar-refractivity contribution in [2.24, 2.45) is 0 Å². The lowest BCUT2D eigenvalue weighted by molar-refractivity contribution is -0.286. The number of alkyl halides is 5. The van der Waals surface area contributed by atoms with Crippen molar-refractivity contribution in [1.29, 1.82) is 0 Å². The maximum atomic E-state index is 13.3. The minimum absolute atomic E-state index is 0.150. The van der Waals surface area contributed by atoms with Crippen LogP contribution in [-0.4, -0.2) is 54.2 Å². The van der Waals surface area contributed by atoms with Gasteiger partial charge in [-0.2, -0.15) is 0 Å². The monoisotopic (exact) mass is 502 g/mol. The molecule has 0 saturated carbocycles. The van der Waals surface area contributed by atoms with Gasteiger partial charge in [-0.1, -0.05) is 18.2 Å². The van der Waals surface area contributed by atoms with E-state index in [9.17, 15) is 31.9 Å². The third kappa shape index (κ3) is 6.73. The standard InChI is InChI=1S/C23H23F5N2O5/c24-22(25,26)33-16-6-3-14(4-7-16)11-20(31)29-17(13-30-9-1-2-10-30)21(32)15-5-8-18-19(12-15)35-23(27,28)34-18/h3-8,12,17,21,32H,1-2,9-11,13H2,(H,29,31)/t17-,21+/m1/s1. The largest absolute Gasteiger partial charge is 0.586 e. The first kappa shape index (κ1) is 25.0. The number of nitrogens with one attached hydrogen (secondary N) is 1. The summed E-state index contributed by atoms with van der Waals surface area (Å²) in [5.74, 6) is -1.26. The Bertz CT molecular complexity index is 1040. The van der Waals surface area contributed by atoms with Crippen LogP contribution >= 0.6 is 0 Å². The summed E-state index contributed by atoms with van der Waals surface area (Å²) in [6, 6.07) is 8.02. The van der Waals surface area contributed by atoms with Gasteiger partial charge in [0.1, 0.15) is 11.9 Å². The highest BCUT2D eigenvalue weighted by Gasteiger charge is 2.43. The van der Waals surface area contributed by atoms with Crippen LogP contribution in [0, 0.1) is 0 Å². The Morgan fingerprint density at radius 1 is 1.09 bits per heavy atom. The van der Waals surface area contributed by atoms with Crippen molar-refractivity contribution >= 4 is 5.91 Å². The van der Waals surface area contributed by atoms with Gasteiger partial charge in [-0.3, -0.25) is 4.79 Å². The summed E-state index contributed by atoms with van der Waals surface area (Å²) in [7, 11) is 0. The molecule has 2 aromatic carbocycles. The second kappa shape index (κ2) is 9.86. The minimum atomic E-state index is -4.82. The van der Waals surface area contributed by atoms with Crippen LogP contribution < -0.4 is 19.5 Å². The van der Waals surface area contributed by atoms with Gasteiger partial charge >= 0.3 is 12.7 Å². The first-order chi connectivity index (χ1) is 16.5. The van der Waals surface area contributed by atoms with E-state index in [1.165, 1.54) is 30.3 Å². The number of nitrogens with zero attached hydrogens (tertiary/aromatic N) is 1. The molecule has 0 aliphatic carbocycles. The van der Waals surface area contributed by atoms with E-state index in [0.29, 0.717) is 12.1 Å². The number of aliphatic hydroxyl groups excluding tert-OH is 1. The number of aliphatic hydroxyl groups is 1. The van der Waals surface area contributed by atoms with E-state index in [4.69, 9.17) is 0 Å². The molecule has 1 saturated heterocycles. The van der Waals surface area contributed by atoms with E-state index in [1.54, 1.807) is 0 Å². The molecule has 2 atom stereocenters. The summed E-state index contributed by atoms with van der Waals surface area (Å²) in [6.07, 6.45) is -8.06. The minimum Gasteiger partial charge on any atom is -0.406 e. The topological polar surface area (TPSA) is 80.3 Å². The molecule has 2 aliphatic heterocycles. The van der Waals surface area contributed by atoms with Crippen LogP contribution in [-0.2, 0) is 11.2 Å². The molecule has 0 aromatic heterocycles. The molecule has 2 aromatic rings. The van der Waals surface area contributed by atoms with Gasteiger partial charge in [-0.15, -0.1) is 22.0 Å². The number of ether oxygens (including phenoxy) is 3. The average molecular weight is 502 g/mol. The lowest BCUT2D eigenvalue weighted by Crippen LogP contribution is -2.47. The predicted octanol–water partition coefficient (Wildman–Crippen LogP) is 3.76. The fourth-order valence-electron chi connectivity index (χ4n) is 4.10. The SMILES string of the molecule is O=C(Cc1ccc(OC(F)(F)F)cc1)N[C@H](CN1CCCC1)[C@@H](O)c1ccc2c(c1)OC(F)(F)O2. The fourth-order valence-corrected chi connectivity index (χ4v) is 4.10. The molecule has 1 amide bonds. The molecule has 35 heavy (non-hydrogen) atoms. The molecule has 0 unspecified atom stereocenters. The number of hydrogen-bond acceptors (Lipinski definition) is 6. The molecule has 0 spiro atoms. The second-order valence-corrected chi connectivity index (χ2v) is 8.37. The van der Waals surface area contributed by atoms with Crippen molar-refractivity contribution in [3.8, 4) is 17.2 Å². The summed E-state index contributed by atoms with van der Waals surface area (Å²) in [5, 5.41) is 13.8. The van der Waals surface area contributed by atoms with E-state index in [-0.39, 0.29) is 23.5 Å². The van der Waals surface area contributed by atoms with E-state index in [2.05, 4.69) is 24.4 Å². The molecular formula is C23H23F5N2O5. The van der Waals surface area contributed by atoms with Crippen molar-refractivity contribution in [2.75, 3.05) is 19.6 Å². The normalized spacial score (nSPS) is 18.8. The zero-order valence-electron chi connectivity index (χ0n) is 18.4. The lowest BCUT2D eigenvalue weighted by atomic mass is 10.0. The number of carbonyl (C=O) groups is 1. The second-order valence-electron chi connectivity index (χ2n) is 8.37. The Labute approximate surface area is 197 Å². The van der Waals surface area contributed by atoms with Gasteiger partial charge in [-0.05, 0) is 61.3 Å². The Hall–Kier alpha value is -3.12. The number of halogens is 5. The van der Waals surface area contributed by atoms with Gasteiger partial charge in [0.25, 0.3) is 0 Å². The highest BCUT2D eigenvalue weighted by molar-refractivity contribution is 5.79. The highest BCUT2D eigenvalue weighted by atomic mass is 19.4. The van der Waals surface area contributed by atoms with Crippen LogP contribution in [0.3, 0.4) is 0 Å². The number of likely N-dealkylation sites (tertiary alicyclic amines) is 1. The predicted molar refractivity (Wildman–Crippen MR) is 112 cm³/mol. The lowest BCUT2D eigenvalue weighted by Gasteiger charge is -2.29. The van der Waals surface area contributed by atoms with Gasteiger partial charge in [-0.25, -0.2) is 0 Å². The van der Waals surface area contributed by atoms with E-state index in [0.717, 1.165) is 38.1 Å². The Kier molecular flexibility index (Phi) is 7.04. The van der Waals surface area contributed by atoms with Crippen LogP contribution in [0.15, 0.2) is 42.5 Å². The molecule has 0 bridgehead atoms. The first-order valence-corrected chi connectivity index (χ1v) is 10.9. The molecule has 1 fully saturated rings. The number of amides is 1. The van der Waals surface area contributed by atoms with Gasteiger partial charge < -0.3 is 29.5 Å². The number of fused-ring (bicyclic) bond motifs is 1. The van der Waals surface area contributed by atoms with Crippen LogP contribution in [0.5, 0.6) is 17.2 Å². The third-order valence-electron chi connectivity index (χ3n) is 5.67. The molecular weight excluding hydrogens is 479 g/mol.